The van der Waals surface area contributed by atoms with Crippen LogP contribution in [0.2, 0.25) is 0 Å². The number of aliphatic carboxylic acids is 1. The van der Waals surface area contributed by atoms with Gasteiger partial charge in [0.2, 0.25) is 5.88 Å². The maximum absolute atomic E-state index is 11.8. The molecule has 1 aromatic carbocycles. The molecule has 2 aromatic rings. The Morgan fingerprint density at radius 3 is 2.36 bits per heavy atom. The Labute approximate surface area is 145 Å². The van der Waals surface area contributed by atoms with Gasteiger partial charge in [0, 0.05) is 12.3 Å². The van der Waals surface area contributed by atoms with Crippen LogP contribution in [0.5, 0.6) is 17.4 Å². The van der Waals surface area contributed by atoms with E-state index < -0.39 is 17.9 Å². The van der Waals surface area contributed by atoms with E-state index in [9.17, 15) is 9.59 Å². The number of carboxylic acids is 1. The molecule has 1 aromatic heterocycles. The van der Waals surface area contributed by atoms with E-state index in [-0.39, 0.29) is 12.5 Å². The van der Waals surface area contributed by atoms with Gasteiger partial charge in [-0.05, 0) is 36.2 Å². The van der Waals surface area contributed by atoms with Crippen molar-refractivity contribution in [3.05, 3.63) is 48.7 Å². The van der Waals surface area contributed by atoms with Crippen LogP contribution in [0.3, 0.4) is 0 Å². The molecule has 0 aliphatic rings. The van der Waals surface area contributed by atoms with Gasteiger partial charge in [0.25, 0.3) is 5.91 Å². The summed E-state index contributed by atoms with van der Waals surface area (Å²) in [4.78, 5) is 26.9. The van der Waals surface area contributed by atoms with Crippen molar-refractivity contribution in [3.8, 4) is 17.4 Å². The van der Waals surface area contributed by atoms with Gasteiger partial charge >= 0.3 is 5.97 Å². The van der Waals surface area contributed by atoms with Gasteiger partial charge in [-0.1, -0.05) is 19.9 Å². The smallest absolute Gasteiger partial charge is 0.326 e. The third kappa shape index (κ3) is 5.80. The predicted octanol–water partition coefficient (Wildman–Crippen LogP) is 2.48. The fraction of sp³-hybridized carbons (Fsp3) is 0.278. The van der Waals surface area contributed by atoms with Gasteiger partial charge < -0.3 is 19.9 Å². The second-order valence-electron chi connectivity index (χ2n) is 5.66. The Morgan fingerprint density at radius 2 is 1.80 bits per heavy atom. The molecule has 1 amide bonds. The van der Waals surface area contributed by atoms with E-state index in [1.54, 1.807) is 56.4 Å². The van der Waals surface area contributed by atoms with Crippen molar-refractivity contribution in [2.45, 2.75) is 19.9 Å². The van der Waals surface area contributed by atoms with Crippen LogP contribution in [0, 0.1) is 5.92 Å². The van der Waals surface area contributed by atoms with Crippen LogP contribution in [0.15, 0.2) is 48.7 Å². The summed E-state index contributed by atoms with van der Waals surface area (Å²) >= 11 is 0. The van der Waals surface area contributed by atoms with Crippen molar-refractivity contribution in [3.63, 3.8) is 0 Å². The molecule has 0 saturated heterocycles. The van der Waals surface area contributed by atoms with Crippen LogP contribution in [0.25, 0.3) is 0 Å². The van der Waals surface area contributed by atoms with Gasteiger partial charge in [-0.3, -0.25) is 4.79 Å². The number of carbonyl (C=O) groups excluding carboxylic acids is 1. The zero-order valence-electron chi connectivity index (χ0n) is 14.0. The van der Waals surface area contributed by atoms with E-state index in [1.165, 1.54) is 0 Å². The number of carbonyl (C=O) groups is 2. The molecule has 0 saturated carbocycles. The van der Waals surface area contributed by atoms with E-state index in [0.29, 0.717) is 17.4 Å². The summed E-state index contributed by atoms with van der Waals surface area (Å²) in [7, 11) is 0. The Bertz CT molecular complexity index is 701. The van der Waals surface area contributed by atoms with Crippen molar-refractivity contribution in [1.82, 2.24) is 10.3 Å². The molecule has 0 bridgehead atoms. The number of ether oxygens (including phenoxy) is 2. The molecule has 1 heterocycles. The van der Waals surface area contributed by atoms with E-state index in [1.807, 2.05) is 6.07 Å². The highest BCUT2D eigenvalue weighted by molar-refractivity contribution is 5.84. The summed E-state index contributed by atoms with van der Waals surface area (Å²) in [6.07, 6.45) is 1.63. The molecule has 0 aliphatic heterocycles. The van der Waals surface area contributed by atoms with Crippen molar-refractivity contribution >= 4 is 11.9 Å². The highest BCUT2D eigenvalue weighted by Crippen LogP contribution is 2.22. The lowest BCUT2D eigenvalue weighted by Crippen LogP contribution is -2.46. The molecule has 0 spiro atoms. The third-order valence-corrected chi connectivity index (χ3v) is 3.30. The molecule has 7 nitrogen and oxygen atoms in total. The molecule has 25 heavy (non-hydrogen) atoms. The molecule has 1 atom stereocenters. The van der Waals surface area contributed by atoms with E-state index in [0.717, 1.165) is 0 Å². The number of nitrogens with zero attached hydrogens (tertiary/aromatic N) is 1. The van der Waals surface area contributed by atoms with Crippen LogP contribution >= 0.6 is 0 Å². The first kappa shape index (κ1) is 18.3. The predicted molar refractivity (Wildman–Crippen MR) is 90.7 cm³/mol. The van der Waals surface area contributed by atoms with Gasteiger partial charge in [0.15, 0.2) is 6.61 Å². The zero-order valence-corrected chi connectivity index (χ0v) is 14.0. The number of hydrogen-bond donors (Lipinski definition) is 2. The van der Waals surface area contributed by atoms with E-state index in [2.05, 4.69) is 10.3 Å². The second-order valence-corrected chi connectivity index (χ2v) is 5.66. The third-order valence-electron chi connectivity index (χ3n) is 3.30. The normalized spacial score (nSPS) is 11.6. The lowest BCUT2D eigenvalue weighted by Gasteiger charge is -2.18. The number of carboxylic acid groups (broad SMARTS) is 1. The Morgan fingerprint density at radius 1 is 1.12 bits per heavy atom. The Kier molecular flexibility index (Phi) is 6.33. The number of benzene rings is 1. The molecule has 2 rings (SSSR count). The average Bonchev–Trinajstić information content (AvgIpc) is 2.59. The van der Waals surface area contributed by atoms with Crippen LogP contribution < -0.4 is 14.8 Å². The number of aromatic nitrogens is 1. The summed E-state index contributed by atoms with van der Waals surface area (Å²) in [5.41, 5.74) is 0. The molecular formula is C18H20N2O5. The highest BCUT2D eigenvalue weighted by Gasteiger charge is 2.23. The van der Waals surface area contributed by atoms with Crippen molar-refractivity contribution in [2.24, 2.45) is 5.92 Å². The molecule has 0 aliphatic carbocycles. The fourth-order valence-corrected chi connectivity index (χ4v) is 2.01. The SMILES string of the molecule is CC(C)C(NC(=O)COc1ccc(Oc2ccccn2)cc1)C(=O)O. The summed E-state index contributed by atoms with van der Waals surface area (Å²) in [6, 6.07) is 11.1. The second kappa shape index (κ2) is 8.68. The lowest BCUT2D eigenvalue weighted by molar-refractivity contribution is -0.143. The minimum atomic E-state index is -1.07. The quantitative estimate of drug-likeness (QED) is 0.763. The largest absolute Gasteiger partial charge is 0.484 e. The van der Waals surface area contributed by atoms with E-state index >= 15 is 0 Å². The van der Waals surface area contributed by atoms with Gasteiger partial charge in [-0.15, -0.1) is 0 Å². The molecular weight excluding hydrogens is 324 g/mol. The summed E-state index contributed by atoms with van der Waals surface area (Å²) in [6.45, 7) is 3.18. The standard InChI is InChI=1S/C18H20N2O5/c1-12(2)17(18(22)23)20-15(21)11-24-13-6-8-14(9-7-13)25-16-5-3-4-10-19-16/h3-10,12,17H,11H2,1-2H3,(H,20,21)(H,22,23). The van der Waals surface area contributed by atoms with Crippen molar-refractivity contribution in [2.75, 3.05) is 6.61 Å². The molecule has 2 N–H and O–H groups in total. The van der Waals surface area contributed by atoms with Crippen LogP contribution in [0.1, 0.15) is 13.8 Å². The number of rotatable bonds is 8. The first-order valence-corrected chi connectivity index (χ1v) is 7.79. The minimum Gasteiger partial charge on any atom is -0.484 e. The number of hydrogen-bond acceptors (Lipinski definition) is 5. The maximum Gasteiger partial charge on any atom is 0.326 e. The van der Waals surface area contributed by atoms with Crippen LogP contribution in [-0.2, 0) is 9.59 Å². The summed E-state index contributed by atoms with van der Waals surface area (Å²) in [5.74, 6) is -0.246. The van der Waals surface area contributed by atoms with Gasteiger partial charge in [-0.25, -0.2) is 9.78 Å². The van der Waals surface area contributed by atoms with Gasteiger partial charge in [-0.2, -0.15) is 0 Å². The van der Waals surface area contributed by atoms with Gasteiger partial charge in [0.05, 0.1) is 0 Å². The van der Waals surface area contributed by atoms with Gasteiger partial charge in [0.1, 0.15) is 17.5 Å². The lowest BCUT2D eigenvalue weighted by atomic mass is 10.1. The molecule has 0 fully saturated rings. The topological polar surface area (TPSA) is 97.8 Å². The monoisotopic (exact) mass is 344 g/mol. The fourth-order valence-electron chi connectivity index (χ4n) is 2.01. The summed E-state index contributed by atoms with van der Waals surface area (Å²) in [5, 5.41) is 11.5. The number of pyridine rings is 1. The van der Waals surface area contributed by atoms with Crippen LogP contribution in [0.4, 0.5) is 0 Å². The first-order chi connectivity index (χ1) is 12.0. The highest BCUT2D eigenvalue weighted by atomic mass is 16.5. The maximum atomic E-state index is 11.8. The molecule has 7 heteroatoms. The molecule has 0 radical (unpaired) electrons. The van der Waals surface area contributed by atoms with Crippen LogP contribution in [-0.4, -0.2) is 34.6 Å². The van der Waals surface area contributed by atoms with Crippen molar-refractivity contribution < 1.29 is 24.2 Å². The Hall–Kier alpha value is -3.09. The first-order valence-electron chi connectivity index (χ1n) is 7.79. The average molecular weight is 344 g/mol. The molecule has 1 unspecified atom stereocenters. The summed E-state index contributed by atoms with van der Waals surface area (Å²) < 4.78 is 10.9. The van der Waals surface area contributed by atoms with E-state index in [4.69, 9.17) is 14.6 Å². The number of amides is 1. The zero-order chi connectivity index (χ0) is 18.2. The number of nitrogens with one attached hydrogen (secondary N) is 1. The molecule has 132 valence electrons. The minimum absolute atomic E-state index is 0.218. The van der Waals surface area contributed by atoms with Crippen molar-refractivity contribution in [1.29, 1.82) is 0 Å². The Balaban J connectivity index is 1.85.